The molecule has 0 N–H and O–H groups in total. The first kappa shape index (κ1) is 39.8. The van der Waals surface area contributed by atoms with Crippen molar-refractivity contribution in [3.8, 4) is 27.9 Å². The normalized spacial score (nSPS) is 11.6. The molecule has 0 aliphatic rings. The molecule has 0 atom stereocenters. The molecule has 67 heavy (non-hydrogen) atoms. The van der Waals surface area contributed by atoms with Crippen LogP contribution < -0.4 is 4.90 Å². The van der Waals surface area contributed by atoms with Crippen LogP contribution in [0.1, 0.15) is 22.3 Å². The van der Waals surface area contributed by atoms with Gasteiger partial charge in [0, 0.05) is 33.3 Å². The quantitative estimate of drug-likeness (QED) is 0.124. The van der Waals surface area contributed by atoms with Gasteiger partial charge in [0.25, 0.3) is 0 Å². The van der Waals surface area contributed by atoms with Crippen LogP contribution >= 0.6 is 0 Å². The van der Waals surface area contributed by atoms with Gasteiger partial charge in [0.15, 0.2) is 0 Å². The van der Waals surface area contributed by atoms with Gasteiger partial charge >= 0.3 is 0 Å². The number of aromatic nitrogens is 1. The molecule has 316 valence electrons. The largest absolute Gasteiger partial charge is 0.310 e. The minimum Gasteiger partial charge on any atom is -0.310 e. The molecule has 0 aliphatic carbocycles. The van der Waals surface area contributed by atoms with E-state index < -0.39 is 5.41 Å². The molecule has 0 spiro atoms. The lowest BCUT2D eigenvalue weighted by Gasteiger charge is -2.37. The number of para-hydroxylation sites is 3. The van der Waals surface area contributed by atoms with E-state index in [0.717, 1.165) is 33.9 Å². The lowest BCUT2D eigenvalue weighted by molar-refractivity contribution is 0.745. The minimum atomic E-state index is -0.548. The van der Waals surface area contributed by atoms with Gasteiger partial charge in [0.2, 0.25) is 0 Å². The average molecular weight is 855 g/mol. The summed E-state index contributed by atoms with van der Waals surface area (Å²) in [6, 6.07) is 102. The van der Waals surface area contributed by atoms with E-state index in [2.05, 4.69) is 289 Å². The van der Waals surface area contributed by atoms with Crippen molar-refractivity contribution in [2.45, 2.75) is 5.41 Å². The fourth-order valence-corrected chi connectivity index (χ4v) is 10.5. The molecule has 0 bridgehead atoms. The number of nitrogens with zero attached hydrogens (tertiary/aromatic N) is 2. The first-order valence-electron chi connectivity index (χ1n) is 23.1. The van der Waals surface area contributed by atoms with E-state index >= 15 is 0 Å². The molecule has 0 aliphatic heterocycles. The predicted molar refractivity (Wildman–Crippen MR) is 282 cm³/mol. The Morgan fingerprint density at radius 2 is 0.746 bits per heavy atom. The summed E-state index contributed by atoms with van der Waals surface area (Å²) >= 11 is 0. The van der Waals surface area contributed by atoms with E-state index in [1.807, 2.05) is 0 Å². The Kier molecular flexibility index (Phi) is 10.1. The van der Waals surface area contributed by atoms with Crippen molar-refractivity contribution in [3.63, 3.8) is 0 Å². The van der Waals surface area contributed by atoms with Gasteiger partial charge in [-0.15, -0.1) is 0 Å². The SMILES string of the molecule is c1ccc(-c2ccccc2N(c2ccc(-c3ccccc3-n3c4ccccc4c4cc5ccccc5cc43)cc2)c2ccc(C(c3ccccc3)(c3ccccc3)c3ccccc3)cc2)cc1. The maximum absolute atomic E-state index is 2.45. The zero-order valence-electron chi connectivity index (χ0n) is 37.0. The van der Waals surface area contributed by atoms with Crippen molar-refractivity contribution in [2.75, 3.05) is 4.90 Å². The van der Waals surface area contributed by atoms with Crippen molar-refractivity contribution >= 4 is 49.6 Å². The molecule has 1 heterocycles. The van der Waals surface area contributed by atoms with Crippen LogP contribution in [0.4, 0.5) is 17.1 Å². The summed E-state index contributed by atoms with van der Waals surface area (Å²) in [6.07, 6.45) is 0. The molecule has 2 nitrogen and oxygen atoms in total. The van der Waals surface area contributed by atoms with E-state index in [0.29, 0.717) is 0 Å². The number of anilines is 3. The lowest BCUT2D eigenvalue weighted by atomic mass is 9.65. The first-order chi connectivity index (χ1) is 33.3. The van der Waals surface area contributed by atoms with Crippen LogP contribution in [0, 0.1) is 0 Å². The number of benzene rings is 11. The molecule has 2 heteroatoms. The number of rotatable bonds is 10. The number of fused-ring (bicyclic) bond motifs is 4. The summed E-state index contributed by atoms with van der Waals surface area (Å²) in [4.78, 5) is 2.41. The Bertz CT molecular complexity index is 3560. The molecular weight excluding hydrogens is 809 g/mol. The number of hydrogen-bond donors (Lipinski definition) is 0. The van der Waals surface area contributed by atoms with Gasteiger partial charge in [-0.25, -0.2) is 0 Å². The van der Waals surface area contributed by atoms with Gasteiger partial charge in [-0.1, -0.05) is 224 Å². The van der Waals surface area contributed by atoms with Crippen LogP contribution in [0.15, 0.2) is 279 Å². The highest BCUT2D eigenvalue weighted by molar-refractivity contribution is 6.14. The summed E-state index contributed by atoms with van der Waals surface area (Å²) in [7, 11) is 0. The predicted octanol–water partition coefficient (Wildman–Crippen LogP) is 17.1. The standard InChI is InChI=1S/C65H46N2/c1-5-21-47(22-6-1)57-31-15-18-34-61(57)66(56-43-39-54(40-44-56)65(51-25-7-2-8-26-51,52-27-9-3-10-28-52)53-29-11-4-12-30-53)55-41-37-48(38-42-55)58-32-16-19-35-62(58)67-63-36-20-17-33-59(63)60-45-49-23-13-14-24-50(49)46-64(60)67/h1-46H. The Labute approximate surface area is 391 Å². The Morgan fingerprint density at radius 3 is 1.37 bits per heavy atom. The zero-order chi connectivity index (χ0) is 44.6. The average Bonchev–Trinajstić information content (AvgIpc) is 3.73. The molecule has 1 aromatic heterocycles. The van der Waals surface area contributed by atoms with Crippen molar-refractivity contribution in [1.82, 2.24) is 4.57 Å². The van der Waals surface area contributed by atoms with Gasteiger partial charge in [-0.3, -0.25) is 0 Å². The van der Waals surface area contributed by atoms with E-state index in [9.17, 15) is 0 Å². The van der Waals surface area contributed by atoms with Gasteiger partial charge in [0.05, 0.1) is 27.8 Å². The third-order valence-electron chi connectivity index (χ3n) is 13.5. The molecule has 0 unspecified atom stereocenters. The lowest BCUT2D eigenvalue weighted by Crippen LogP contribution is -2.31. The van der Waals surface area contributed by atoms with Crippen molar-refractivity contribution < 1.29 is 0 Å². The maximum Gasteiger partial charge on any atom is 0.0701 e. The van der Waals surface area contributed by atoms with Crippen LogP contribution in [0.3, 0.4) is 0 Å². The van der Waals surface area contributed by atoms with E-state index in [4.69, 9.17) is 0 Å². The van der Waals surface area contributed by atoms with E-state index in [-0.39, 0.29) is 0 Å². The van der Waals surface area contributed by atoms with Crippen LogP contribution in [-0.2, 0) is 5.41 Å². The summed E-state index contributed by atoms with van der Waals surface area (Å²) in [5, 5.41) is 4.99. The molecule has 0 saturated carbocycles. The van der Waals surface area contributed by atoms with E-state index in [1.165, 1.54) is 66.0 Å². The minimum absolute atomic E-state index is 0.548. The van der Waals surface area contributed by atoms with Crippen LogP contribution in [0.25, 0.3) is 60.5 Å². The summed E-state index contributed by atoms with van der Waals surface area (Å²) in [6.45, 7) is 0. The molecule has 0 fully saturated rings. The third kappa shape index (κ3) is 6.90. The monoisotopic (exact) mass is 854 g/mol. The van der Waals surface area contributed by atoms with Crippen molar-refractivity contribution in [2.24, 2.45) is 0 Å². The second kappa shape index (κ2) is 17.0. The molecular formula is C65H46N2. The highest BCUT2D eigenvalue weighted by Gasteiger charge is 2.38. The van der Waals surface area contributed by atoms with E-state index in [1.54, 1.807) is 0 Å². The topological polar surface area (TPSA) is 8.17 Å². The van der Waals surface area contributed by atoms with Gasteiger partial charge in [-0.05, 0) is 98.8 Å². The number of hydrogen-bond acceptors (Lipinski definition) is 1. The van der Waals surface area contributed by atoms with Gasteiger partial charge in [0.1, 0.15) is 0 Å². The highest BCUT2D eigenvalue weighted by Crippen LogP contribution is 2.47. The van der Waals surface area contributed by atoms with Crippen LogP contribution in [-0.4, -0.2) is 4.57 Å². The molecule has 0 radical (unpaired) electrons. The molecule has 0 amide bonds. The highest BCUT2D eigenvalue weighted by atomic mass is 15.1. The van der Waals surface area contributed by atoms with Gasteiger partial charge in [-0.2, -0.15) is 0 Å². The summed E-state index contributed by atoms with van der Waals surface area (Å²) in [5.74, 6) is 0. The molecule has 0 saturated heterocycles. The Hall–Kier alpha value is -8.72. The van der Waals surface area contributed by atoms with Crippen molar-refractivity contribution in [3.05, 3.63) is 301 Å². The first-order valence-corrected chi connectivity index (χ1v) is 23.1. The summed E-state index contributed by atoms with van der Waals surface area (Å²) in [5.41, 5.74) is 15.7. The molecule has 12 aromatic rings. The van der Waals surface area contributed by atoms with Gasteiger partial charge < -0.3 is 9.47 Å². The Balaban J connectivity index is 1.01. The maximum atomic E-state index is 2.45. The zero-order valence-corrected chi connectivity index (χ0v) is 37.0. The van der Waals surface area contributed by atoms with Crippen molar-refractivity contribution in [1.29, 1.82) is 0 Å². The third-order valence-corrected chi connectivity index (χ3v) is 13.5. The molecule has 11 aromatic carbocycles. The fraction of sp³-hybridized carbons (Fsp3) is 0.0154. The second-order valence-corrected chi connectivity index (χ2v) is 17.2. The van der Waals surface area contributed by atoms with Crippen LogP contribution in [0.2, 0.25) is 0 Å². The summed E-state index contributed by atoms with van der Waals surface area (Å²) < 4.78 is 2.45. The van der Waals surface area contributed by atoms with Crippen LogP contribution in [0.5, 0.6) is 0 Å². The smallest absolute Gasteiger partial charge is 0.0701 e. The molecule has 12 rings (SSSR count). The Morgan fingerprint density at radius 1 is 0.299 bits per heavy atom. The fourth-order valence-electron chi connectivity index (χ4n) is 10.5. The second-order valence-electron chi connectivity index (χ2n) is 17.2.